The molecule has 0 saturated carbocycles. The number of likely N-dealkylation sites (N-methyl/N-ethyl adjacent to an activating group) is 1. The Balaban J connectivity index is 0.000000211. The quantitative estimate of drug-likeness (QED) is 0.917. The Kier molecular flexibility index (Phi) is 6.49. The van der Waals surface area contributed by atoms with Crippen LogP contribution in [0.2, 0.25) is 0 Å². The van der Waals surface area contributed by atoms with Crippen molar-refractivity contribution < 1.29 is 8.78 Å². The summed E-state index contributed by atoms with van der Waals surface area (Å²) < 4.78 is 25.3. The van der Waals surface area contributed by atoms with E-state index in [-0.39, 0.29) is 11.6 Å². The van der Waals surface area contributed by atoms with Crippen LogP contribution < -0.4 is 5.32 Å². The van der Waals surface area contributed by atoms with E-state index in [9.17, 15) is 8.78 Å². The van der Waals surface area contributed by atoms with Crippen LogP contribution in [0, 0.1) is 11.6 Å². The minimum Gasteiger partial charge on any atom is -0.314 e. The van der Waals surface area contributed by atoms with E-state index in [0.29, 0.717) is 6.42 Å². The standard InChI is InChI=1S/C13H10F2.C5H12N2/c14-12-5-1-10(2-6-12)9-11-3-7-13(15)8-4-11;1-7-4-2-6-3-5-7/h1-8H,9H2;6H,2-5H2,1H3. The number of nitrogens with zero attached hydrogens (tertiary/aromatic N) is 1. The van der Waals surface area contributed by atoms with Crippen LogP contribution in [0.25, 0.3) is 0 Å². The largest absolute Gasteiger partial charge is 0.314 e. The maximum atomic E-state index is 12.6. The van der Waals surface area contributed by atoms with Gasteiger partial charge in [0.25, 0.3) is 0 Å². The molecule has 0 atom stereocenters. The first-order chi connectivity index (χ1) is 10.6. The van der Waals surface area contributed by atoms with Gasteiger partial charge in [-0.15, -0.1) is 0 Å². The van der Waals surface area contributed by atoms with Gasteiger partial charge >= 0.3 is 0 Å². The van der Waals surface area contributed by atoms with Crippen molar-refractivity contribution in [2.24, 2.45) is 0 Å². The smallest absolute Gasteiger partial charge is 0.123 e. The normalized spacial score (nSPS) is 15.0. The van der Waals surface area contributed by atoms with Crippen LogP contribution in [0.3, 0.4) is 0 Å². The third-order valence-corrected chi connectivity index (χ3v) is 3.58. The third-order valence-electron chi connectivity index (χ3n) is 3.58. The van der Waals surface area contributed by atoms with Crippen LogP contribution in [0.15, 0.2) is 48.5 Å². The highest BCUT2D eigenvalue weighted by atomic mass is 19.1. The molecule has 1 N–H and O–H groups in total. The highest BCUT2D eigenvalue weighted by Gasteiger charge is 2.01. The molecule has 3 rings (SSSR count). The lowest BCUT2D eigenvalue weighted by molar-refractivity contribution is 0.291. The third kappa shape index (κ3) is 5.92. The molecule has 0 bridgehead atoms. The Morgan fingerprint density at radius 1 is 0.818 bits per heavy atom. The molecule has 1 heterocycles. The monoisotopic (exact) mass is 304 g/mol. The fourth-order valence-corrected chi connectivity index (χ4v) is 2.22. The average molecular weight is 304 g/mol. The summed E-state index contributed by atoms with van der Waals surface area (Å²) in [5, 5.41) is 3.27. The van der Waals surface area contributed by atoms with Crippen molar-refractivity contribution in [1.29, 1.82) is 0 Å². The first-order valence-electron chi connectivity index (χ1n) is 7.51. The summed E-state index contributed by atoms with van der Waals surface area (Å²) >= 11 is 0. The second-order valence-corrected chi connectivity index (χ2v) is 5.48. The first-order valence-corrected chi connectivity index (χ1v) is 7.51. The fraction of sp³-hybridized carbons (Fsp3) is 0.333. The van der Waals surface area contributed by atoms with Gasteiger partial charge in [-0.05, 0) is 48.9 Å². The van der Waals surface area contributed by atoms with Gasteiger partial charge < -0.3 is 10.2 Å². The summed E-state index contributed by atoms with van der Waals surface area (Å²) in [4.78, 5) is 2.33. The Bertz CT molecular complexity index is 503. The highest BCUT2D eigenvalue weighted by Crippen LogP contribution is 2.10. The number of hydrogen-bond acceptors (Lipinski definition) is 2. The van der Waals surface area contributed by atoms with E-state index in [1.807, 2.05) is 0 Å². The SMILES string of the molecule is CN1CCNCC1.Fc1ccc(Cc2ccc(F)cc2)cc1. The van der Waals surface area contributed by atoms with Crippen molar-refractivity contribution in [1.82, 2.24) is 10.2 Å². The van der Waals surface area contributed by atoms with Gasteiger partial charge in [0, 0.05) is 26.2 Å². The van der Waals surface area contributed by atoms with Crippen molar-refractivity contribution in [3.05, 3.63) is 71.3 Å². The maximum absolute atomic E-state index is 12.6. The zero-order valence-corrected chi connectivity index (χ0v) is 12.9. The van der Waals surface area contributed by atoms with E-state index >= 15 is 0 Å². The van der Waals surface area contributed by atoms with E-state index in [0.717, 1.165) is 24.2 Å². The van der Waals surface area contributed by atoms with Gasteiger partial charge in [-0.2, -0.15) is 0 Å². The second kappa shape index (κ2) is 8.61. The molecular weight excluding hydrogens is 282 g/mol. The van der Waals surface area contributed by atoms with Crippen LogP contribution >= 0.6 is 0 Å². The molecule has 0 unspecified atom stereocenters. The molecule has 2 aromatic carbocycles. The summed E-state index contributed by atoms with van der Waals surface area (Å²) in [6.07, 6.45) is 0.695. The summed E-state index contributed by atoms with van der Waals surface area (Å²) in [6, 6.07) is 12.7. The predicted molar refractivity (Wildman–Crippen MR) is 86.0 cm³/mol. The van der Waals surface area contributed by atoms with Crippen molar-refractivity contribution in [2.45, 2.75) is 6.42 Å². The second-order valence-electron chi connectivity index (χ2n) is 5.48. The predicted octanol–water partition coefficient (Wildman–Crippen LogP) is 3.08. The zero-order chi connectivity index (χ0) is 15.8. The molecule has 1 aliphatic rings. The molecule has 0 spiro atoms. The molecule has 0 amide bonds. The molecule has 0 radical (unpaired) electrons. The van der Waals surface area contributed by atoms with Crippen LogP contribution in [0.4, 0.5) is 8.78 Å². The highest BCUT2D eigenvalue weighted by molar-refractivity contribution is 5.26. The molecule has 1 saturated heterocycles. The zero-order valence-electron chi connectivity index (χ0n) is 12.9. The molecule has 0 aromatic heterocycles. The Hall–Kier alpha value is -1.78. The van der Waals surface area contributed by atoms with Gasteiger partial charge in [-0.25, -0.2) is 8.78 Å². The molecular formula is C18H22F2N2. The minimum absolute atomic E-state index is 0.238. The minimum atomic E-state index is -0.238. The molecule has 0 aliphatic carbocycles. The van der Waals surface area contributed by atoms with Crippen LogP contribution in [-0.2, 0) is 6.42 Å². The van der Waals surface area contributed by atoms with E-state index < -0.39 is 0 Å². The molecule has 1 fully saturated rings. The van der Waals surface area contributed by atoms with Gasteiger partial charge in [0.1, 0.15) is 11.6 Å². The lowest BCUT2D eigenvalue weighted by atomic mass is 10.1. The first kappa shape index (κ1) is 16.6. The van der Waals surface area contributed by atoms with E-state index in [1.54, 1.807) is 24.3 Å². The van der Waals surface area contributed by atoms with E-state index in [2.05, 4.69) is 17.3 Å². The molecule has 118 valence electrons. The van der Waals surface area contributed by atoms with Crippen LogP contribution in [0.1, 0.15) is 11.1 Å². The van der Waals surface area contributed by atoms with Crippen molar-refractivity contribution in [3.8, 4) is 0 Å². The Morgan fingerprint density at radius 2 is 1.23 bits per heavy atom. The van der Waals surface area contributed by atoms with Gasteiger partial charge in [0.2, 0.25) is 0 Å². The van der Waals surface area contributed by atoms with Gasteiger partial charge in [-0.3, -0.25) is 0 Å². The molecule has 2 nitrogen and oxygen atoms in total. The van der Waals surface area contributed by atoms with Crippen LogP contribution in [-0.4, -0.2) is 38.1 Å². The molecule has 4 heteroatoms. The summed E-state index contributed by atoms with van der Waals surface area (Å²) in [7, 11) is 2.15. The topological polar surface area (TPSA) is 15.3 Å². The van der Waals surface area contributed by atoms with Gasteiger partial charge in [0.15, 0.2) is 0 Å². The fourth-order valence-electron chi connectivity index (χ4n) is 2.22. The van der Waals surface area contributed by atoms with Gasteiger partial charge in [0.05, 0.1) is 0 Å². The summed E-state index contributed by atoms with van der Waals surface area (Å²) in [6.45, 7) is 4.74. The lowest BCUT2D eigenvalue weighted by Gasteiger charge is -2.21. The number of benzene rings is 2. The van der Waals surface area contributed by atoms with Crippen molar-refractivity contribution in [2.75, 3.05) is 33.2 Å². The number of rotatable bonds is 2. The summed E-state index contributed by atoms with van der Waals surface area (Å²) in [5.74, 6) is -0.476. The van der Waals surface area contributed by atoms with E-state index in [4.69, 9.17) is 0 Å². The average Bonchev–Trinajstić information content (AvgIpc) is 2.53. The lowest BCUT2D eigenvalue weighted by Crippen LogP contribution is -2.40. The number of piperazine rings is 1. The number of hydrogen-bond donors (Lipinski definition) is 1. The number of nitrogens with one attached hydrogen (secondary N) is 1. The summed E-state index contributed by atoms with van der Waals surface area (Å²) in [5.41, 5.74) is 2.03. The van der Waals surface area contributed by atoms with Gasteiger partial charge in [-0.1, -0.05) is 24.3 Å². The Labute approximate surface area is 130 Å². The van der Waals surface area contributed by atoms with E-state index in [1.165, 1.54) is 37.4 Å². The molecule has 2 aromatic rings. The van der Waals surface area contributed by atoms with Crippen molar-refractivity contribution >= 4 is 0 Å². The van der Waals surface area contributed by atoms with Crippen molar-refractivity contribution in [3.63, 3.8) is 0 Å². The van der Waals surface area contributed by atoms with Crippen LogP contribution in [0.5, 0.6) is 0 Å². The number of halogens is 2. The Morgan fingerprint density at radius 3 is 1.55 bits per heavy atom. The molecule has 22 heavy (non-hydrogen) atoms. The maximum Gasteiger partial charge on any atom is 0.123 e. The molecule has 1 aliphatic heterocycles.